The minimum Gasteiger partial charge on any atom is -0.507 e. The first-order valence-electron chi connectivity index (χ1n) is 4.80. The average molecular weight is 226 g/mol. The number of carbonyl (C=O) groups is 1. The maximum Gasteiger partial charge on any atom is 0.306 e. The van der Waals surface area contributed by atoms with Gasteiger partial charge in [-0.2, -0.15) is 0 Å². The van der Waals surface area contributed by atoms with E-state index < -0.39 is 0 Å². The van der Waals surface area contributed by atoms with Crippen molar-refractivity contribution in [2.24, 2.45) is 0 Å². The topological polar surface area (TPSA) is 46.5 Å². The van der Waals surface area contributed by atoms with Gasteiger partial charge in [-0.15, -0.1) is 11.8 Å². The minimum atomic E-state index is -0.194. The number of para-hydroxylation sites is 1. The third-order valence-electron chi connectivity index (χ3n) is 1.73. The summed E-state index contributed by atoms with van der Waals surface area (Å²) in [6, 6.07) is 7.08. The van der Waals surface area contributed by atoms with Crippen LogP contribution in [0.4, 0.5) is 0 Å². The number of carbonyl (C=O) groups excluding carboxylic acids is 1. The molecule has 0 heterocycles. The zero-order valence-electron chi connectivity index (χ0n) is 8.60. The Morgan fingerprint density at radius 3 is 2.87 bits per heavy atom. The van der Waals surface area contributed by atoms with Gasteiger partial charge in [0.25, 0.3) is 0 Å². The highest BCUT2D eigenvalue weighted by atomic mass is 32.2. The smallest absolute Gasteiger partial charge is 0.306 e. The molecule has 0 saturated heterocycles. The largest absolute Gasteiger partial charge is 0.507 e. The summed E-state index contributed by atoms with van der Waals surface area (Å²) < 4.78 is 4.80. The molecule has 0 aliphatic heterocycles. The number of thioether (sulfide) groups is 1. The van der Waals surface area contributed by atoms with Crippen molar-refractivity contribution >= 4 is 17.7 Å². The van der Waals surface area contributed by atoms with Gasteiger partial charge in [-0.05, 0) is 19.1 Å². The van der Waals surface area contributed by atoms with Crippen LogP contribution in [0.1, 0.15) is 13.3 Å². The first-order chi connectivity index (χ1) is 7.24. The van der Waals surface area contributed by atoms with Crippen molar-refractivity contribution in [3.05, 3.63) is 24.3 Å². The van der Waals surface area contributed by atoms with Crippen molar-refractivity contribution in [3.8, 4) is 5.75 Å². The molecular weight excluding hydrogens is 212 g/mol. The number of benzene rings is 1. The molecule has 0 amide bonds. The van der Waals surface area contributed by atoms with E-state index in [2.05, 4.69) is 0 Å². The third-order valence-corrected chi connectivity index (χ3v) is 2.80. The molecule has 0 fully saturated rings. The molecule has 82 valence electrons. The number of ether oxygens (including phenoxy) is 1. The summed E-state index contributed by atoms with van der Waals surface area (Å²) in [7, 11) is 0. The van der Waals surface area contributed by atoms with Crippen LogP contribution in [0.3, 0.4) is 0 Å². The van der Waals surface area contributed by atoms with Crippen LogP contribution in [0.25, 0.3) is 0 Å². The number of hydrogen-bond donors (Lipinski definition) is 1. The SMILES string of the molecule is CCOC(=O)CCSc1ccccc1O. The molecule has 0 aromatic heterocycles. The lowest BCUT2D eigenvalue weighted by Crippen LogP contribution is -2.04. The van der Waals surface area contributed by atoms with E-state index in [0.29, 0.717) is 18.8 Å². The molecule has 0 aliphatic carbocycles. The molecular formula is C11H14O3S. The lowest BCUT2D eigenvalue weighted by molar-refractivity contribution is -0.142. The fourth-order valence-electron chi connectivity index (χ4n) is 1.06. The van der Waals surface area contributed by atoms with Crippen molar-refractivity contribution in [2.75, 3.05) is 12.4 Å². The van der Waals surface area contributed by atoms with E-state index in [-0.39, 0.29) is 11.7 Å². The van der Waals surface area contributed by atoms with Crippen LogP contribution in [0.5, 0.6) is 5.75 Å². The Morgan fingerprint density at radius 2 is 2.20 bits per heavy atom. The lowest BCUT2D eigenvalue weighted by Gasteiger charge is -2.03. The maximum atomic E-state index is 11.0. The third kappa shape index (κ3) is 4.25. The summed E-state index contributed by atoms with van der Waals surface area (Å²) in [6.45, 7) is 2.20. The monoisotopic (exact) mass is 226 g/mol. The molecule has 1 rings (SSSR count). The van der Waals surface area contributed by atoms with Gasteiger partial charge in [0.05, 0.1) is 13.0 Å². The second kappa shape index (κ2) is 6.35. The van der Waals surface area contributed by atoms with Crippen LogP contribution >= 0.6 is 11.8 Å². The molecule has 1 aromatic rings. The molecule has 1 aromatic carbocycles. The second-order valence-electron chi connectivity index (χ2n) is 2.87. The molecule has 1 N–H and O–H groups in total. The summed E-state index contributed by atoms with van der Waals surface area (Å²) >= 11 is 1.45. The summed E-state index contributed by atoms with van der Waals surface area (Å²) in [6.07, 6.45) is 0.368. The predicted molar refractivity (Wildman–Crippen MR) is 60.1 cm³/mol. The van der Waals surface area contributed by atoms with Crippen LogP contribution in [-0.2, 0) is 9.53 Å². The van der Waals surface area contributed by atoms with Crippen LogP contribution < -0.4 is 0 Å². The summed E-state index contributed by atoms with van der Waals surface area (Å²) in [5, 5.41) is 9.44. The highest BCUT2D eigenvalue weighted by molar-refractivity contribution is 7.99. The van der Waals surface area contributed by atoms with E-state index in [1.165, 1.54) is 11.8 Å². The maximum absolute atomic E-state index is 11.0. The summed E-state index contributed by atoms with van der Waals surface area (Å²) in [5.74, 6) is 0.683. The number of aromatic hydroxyl groups is 1. The van der Waals surface area contributed by atoms with Crippen molar-refractivity contribution in [1.82, 2.24) is 0 Å². The van der Waals surface area contributed by atoms with Crippen LogP contribution in [0, 0.1) is 0 Å². The molecule has 0 saturated carbocycles. The Balaban J connectivity index is 2.32. The van der Waals surface area contributed by atoms with Gasteiger partial charge in [0, 0.05) is 10.6 Å². The molecule has 0 atom stereocenters. The van der Waals surface area contributed by atoms with E-state index in [1.54, 1.807) is 19.1 Å². The highest BCUT2D eigenvalue weighted by Crippen LogP contribution is 2.27. The van der Waals surface area contributed by atoms with E-state index in [4.69, 9.17) is 4.74 Å². The Morgan fingerprint density at radius 1 is 1.47 bits per heavy atom. The second-order valence-corrected chi connectivity index (χ2v) is 4.01. The lowest BCUT2D eigenvalue weighted by atomic mass is 10.3. The number of hydrogen-bond acceptors (Lipinski definition) is 4. The van der Waals surface area contributed by atoms with E-state index >= 15 is 0 Å². The molecule has 3 nitrogen and oxygen atoms in total. The van der Waals surface area contributed by atoms with E-state index in [9.17, 15) is 9.90 Å². The normalized spacial score (nSPS) is 9.93. The molecule has 0 unspecified atom stereocenters. The fraction of sp³-hybridized carbons (Fsp3) is 0.364. The average Bonchev–Trinajstić information content (AvgIpc) is 2.21. The quantitative estimate of drug-likeness (QED) is 0.618. The number of esters is 1. The predicted octanol–water partition coefficient (Wildman–Crippen LogP) is 2.44. The van der Waals surface area contributed by atoms with Crippen LogP contribution in [0.2, 0.25) is 0 Å². The van der Waals surface area contributed by atoms with Crippen molar-refractivity contribution in [3.63, 3.8) is 0 Å². The van der Waals surface area contributed by atoms with E-state index in [0.717, 1.165) is 4.90 Å². The minimum absolute atomic E-state index is 0.194. The zero-order valence-corrected chi connectivity index (χ0v) is 9.42. The van der Waals surface area contributed by atoms with E-state index in [1.807, 2.05) is 12.1 Å². The Kier molecular flexibility index (Phi) is 5.04. The zero-order chi connectivity index (χ0) is 11.1. The molecule has 15 heavy (non-hydrogen) atoms. The van der Waals surface area contributed by atoms with Crippen LogP contribution in [0.15, 0.2) is 29.2 Å². The van der Waals surface area contributed by atoms with Gasteiger partial charge >= 0.3 is 5.97 Å². The number of phenols is 1. The number of phenolic OH excluding ortho intramolecular Hbond substituents is 1. The fourth-order valence-corrected chi connectivity index (χ4v) is 1.94. The first kappa shape index (κ1) is 11.9. The first-order valence-corrected chi connectivity index (χ1v) is 5.79. The van der Waals surface area contributed by atoms with Gasteiger partial charge < -0.3 is 9.84 Å². The van der Waals surface area contributed by atoms with Crippen LogP contribution in [-0.4, -0.2) is 23.4 Å². The summed E-state index contributed by atoms with van der Waals surface area (Å²) in [5.41, 5.74) is 0. The van der Waals surface area contributed by atoms with Gasteiger partial charge in [0.1, 0.15) is 5.75 Å². The Bertz CT molecular complexity index is 325. The molecule has 0 aliphatic rings. The highest BCUT2D eigenvalue weighted by Gasteiger charge is 2.04. The van der Waals surface area contributed by atoms with Crippen molar-refractivity contribution in [1.29, 1.82) is 0 Å². The molecule has 0 radical (unpaired) electrons. The van der Waals surface area contributed by atoms with Gasteiger partial charge in [0.2, 0.25) is 0 Å². The Labute approximate surface area is 93.4 Å². The van der Waals surface area contributed by atoms with Gasteiger partial charge in [0.15, 0.2) is 0 Å². The van der Waals surface area contributed by atoms with Gasteiger partial charge in [-0.25, -0.2) is 0 Å². The van der Waals surface area contributed by atoms with Gasteiger partial charge in [-0.1, -0.05) is 12.1 Å². The van der Waals surface area contributed by atoms with Gasteiger partial charge in [-0.3, -0.25) is 4.79 Å². The molecule has 0 bridgehead atoms. The van der Waals surface area contributed by atoms with Crippen molar-refractivity contribution in [2.45, 2.75) is 18.2 Å². The van der Waals surface area contributed by atoms with Crippen molar-refractivity contribution < 1.29 is 14.6 Å². The summed E-state index contributed by atoms with van der Waals surface area (Å²) in [4.78, 5) is 11.8. The standard InChI is InChI=1S/C11H14O3S/c1-2-14-11(13)7-8-15-10-6-4-3-5-9(10)12/h3-6,12H,2,7-8H2,1H3. The number of rotatable bonds is 5. The molecule has 4 heteroatoms. The molecule has 0 spiro atoms. The Hall–Kier alpha value is -1.16.